The van der Waals surface area contributed by atoms with Gasteiger partial charge in [0.05, 0.1) is 17.3 Å². The molecule has 2 aromatic heterocycles. The molecule has 34 heavy (non-hydrogen) atoms. The second-order valence-electron chi connectivity index (χ2n) is 8.22. The number of likely N-dealkylation sites (tertiary alicyclic amines) is 1. The topological polar surface area (TPSA) is 98.3 Å². The highest BCUT2D eigenvalue weighted by molar-refractivity contribution is 7.13. The summed E-state index contributed by atoms with van der Waals surface area (Å²) in [7, 11) is 0. The van der Waals surface area contributed by atoms with Crippen LogP contribution in [0.2, 0.25) is 0 Å². The first-order valence-electron chi connectivity index (χ1n) is 11.3. The van der Waals surface area contributed by atoms with Gasteiger partial charge in [0, 0.05) is 11.4 Å². The molecule has 8 nitrogen and oxygen atoms in total. The Bertz CT molecular complexity index is 1250. The van der Waals surface area contributed by atoms with E-state index in [4.69, 9.17) is 10.5 Å². The predicted octanol–water partition coefficient (Wildman–Crippen LogP) is 3.68. The first-order chi connectivity index (χ1) is 16.7. The quantitative estimate of drug-likeness (QED) is 0.481. The van der Waals surface area contributed by atoms with Crippen LogP contribution in [-0.2, 0) is 9.53 Å². The first kappa shape index (κ1) is 22.2. The molecule has 3 heterocycles. The number of nitrogens with two attached hydrogens (primary N) is 1. The Morgan fingerprint density at radius 3 is 2.91 bits per heavy atom. The van der Waals surface area contributed by atoms with Gasteiger partial charge in [0.25, 0.3) is 0 Å². The van der Waals surface area contributed by atoms with Crippen molar-refractivity contribution in [3.63, 3.8) is 0 Å². The van der Waals surface area contributed by atoms with Crippen LogP contribution in [0.5, 0.6) is 0 Å². The van der Waals surface area contributed by atoms with E-state index in [-0.39, 0.29) is 5.95 Å². The van der Waals surface area contributed by atoms with Gasteiger partial charge in [0.2, 0.25) is 11.9 Å². The number of carbonyl (C=O) groups excluding carboxylic acids is 1. The maximum absolute atomic E-state index is 11.6. The number of hydrogen-bond donors (Lipinski definition) is 2. The molecule has 1 aliphatic heterocycles. The van der Waals surface area contributed by atoms with Crippen LogP contribution in [0, 0.1) is 0 Å². The van der Waals surface area contributed by atoms with E-state index >= 15 is 0 Å². The summed E-state index contributed by atoms with van der Waals surface area (Å²) >= 11 is 1.67. The van der Waals surface area contributed by atoms with Gasteiger partial charge in [-0.1, -0.05) is 24.3 Å². The summed E-state index contributed by atoms with van der Waals surface area (Å²) in [5, 5.41) is 9.72. The molecule has 1 aliphatic carbocycles. The van der Waals surface area contributed by atoms with E-state index in [9.17, 15) is 4.79 Å². The zero-order valence-electron chi connectivity index (χ0n) is 18.7. The molecule has 1 aromatic carbocycles. The number of thiophene rings is 1. The Labute approximate surface area is 202 Å². The SMILES string of the molecule is Nc1nc(NC2C=CC(OCCN3CCCC3)=CC2=C=O)nn1-c1cccc(-c2cccs2)c1. The lowest BCUT2D eigenvalue weighted by Crippen LogP contribution is -2.25. The summed E-state index contributed by atoms with van der Waals surface area (Å²) in [6, 6.07) is 11.6. The van der Waals surface area contributed by atoms with Crippen molar-refractivity contribution < 1.29 is 9.53 Å². The van der Waals surface area contributed by atoms with Crippen molar-refractivity contribution in [1.82, 2.24) is 19.7 Å². The van der Waals surface area contributed by atoms with Crippen molar-refractivity contribution in [2.45, 2.75) is 18.9 Å². The van der Waals surface area contributed by atoms with Gasteiger partial charge in [-0.15, -0.1) is 16.4 Å². The number of benzene rings is 1. The van der Waals surface area contributed by atoms with E-state index in [2.05, 4.69) is 26.4 Å². The van der Waals surface area contributed by atoms with Crippen molar-refractivity contribution in [2.75, 3.05) is 37.3 Å². The maximum Gasteiger partial charge on any atom is 0.245 e. The lowest BCUT2D eigenvalue weighted by atomic mass is 10.0. The van der Waals surface area contributed by atoms with Crippen LogP contribution in [0.1, 0.15) is 12.8 Å². The fourth-order valence-corrected chi connectivity index (χ4v) is 4.87. The summed E-state index contributed by atoms with van der Waals surface area (Å²) in [6.45, 7) is 3.74. The van der Waals surface area contributed by atoms with E-state index in [1.807, 2.05) is 53.8 Å². The van der Waals surface area contributed by atoms with E-state index in [1.165, 1.54) is 12.8 Å². The van der Waals surface area contributed by atoms with Crippen LogP contribution in [0.4, 0.5) is 11.9 Å². The lowest BCUT2D eigenvalue weighted by molar-refractivity contribution is 0.179. The Morgan fingerprint density at radius 1 is 1.24 bits per heavy atom. The molecule has 1 fully saturated rings. The molecule has 0 saturated carbocycles. The number of nitrogen functional groups attached to an aromatic ring is 1. The number of nitrogens with one attached hydrogen (secondary N) is 1. The molecular weight excluding hydrogens is 448 g/mol. The molecule has 3 aromatic rings. The summed E-state index contributed by atoms with van der Waals surface area (Å²) in [5.74, 6) is 3.24. The second kappa shape index (κ2) is 10.1. The van der Waals surface area contributed by atoms with E-state index in [0.29, 0.717) is 23.9 Å². The molecule has 5 rings (SSSR count). The van der Waals surface area contributed by atoms with Gasteiger partial charge in [-0.3, -0.25) is 4.90 Å². The highest BCUT2D eigenvalue weighted by Crippen LogP contribution is 2.27. The summed E-state index contributed by atoms with van der Waals surface area (Å²) in [5.41, 5.74) is 8.47. The fraction of sp³-hybridized carbons (Fsp3) is 0.280. The summed E-state index contributed by atoms with van der Waals surface area (Å²) in [6.07, 6.45) is 7.91. The van der Waals surface area contributed by atoms with Crippen molar-refractivity contribution in [3.8, 4) is 16.1 Å². The molecule has 1 atom stereocenters. The molecule has 1 unspecified atom stereocenters. The molecule has 0 bridgehead atoms. The third-order valence-electron chi connectivity index (χ3n) is 5.89. The molecule has 174 valence electrons. The molecule has 9 heteroatoms. The monoisotopic (exact) mass is 474 g/mol. The fourth-order valence-electron chi connectivity index (χ4n) is 4.14. The molecule has 1 saturated heterocycles. The smallest absolute Gasteiger partial charge is 0.245 e. The van der Waals surface area contributed by atoms with Gasteiger partial charge in [-0.05, 0) is 67.2 Å². The highest BCUT2D eigenvalue weighted by atomic mass is 32.1. The Morgan fingerprint density at radius 2 is 2.12 bits per heavy atom. The van der Waals surface area contributed by atoms with E-state index in [0.717, 1.165) is 35.8 Å². The second-order valence-corrected chi connectivity index (χ2v) is 9.16. The van der Waals surface area contributed by atoms with Crippen LogP contribution < -0.4 is 11.1 Å². The maximum atomic E-state index is 11.6. The van der Waals surface area contributed by atoms with E-state index < -0.39 is 6.04 Å². The number of hydrogen-bond acceptors (Lipinski definition) is 8. The Kier molecular flexibility index (Phi) is 6.58. The van der Waals surface area contributed by atoms with Crippen molar-refractivity contribution in [3.05, 3.63) is 71.3 Å². The van der Waals surface area contributed by atoms with E-state index in [1.54, 1.807) is 22.1 Å². The van der Waals surface area contributed by atoms with Gasteiger partial charge in [-0.25, -0.2) is 4.79 Å². The van der Waals surface area contributed by atoms with Gasteiger partial charge in [-0.2, -0.15) is 9.67 Å². The minimum atomic E-state index is -0.420. The normalized spacial score (nSPS) is 18.1. The third-order valence-corrected chi connectivity index (χ3v) is 6.81. The van der Waals surface area contributed by atoms with Gasteiger partial charge >= 0.3 is 0 Å². The molecule has 2 aliphatic rings. The minimum absolute atomic E-state index is 0.253. The van der Waals surface area contributed by atoms with Crippen LogP contribution >= 0.6 is 11.3 Å². The summed E-state index contributed by atoms with van der Waals surface area (Å²) in [4.78, 5) is 19.5. The van der Waals surface area contributed by atoms with Crippen molar-refractivity contribution in [2.24, 2.45) is 0 Å². The number of allylic oxidation sites excluding steroid dienone is 1. The predicted molar refractivity (Wildman–Crippen MR) is 135 cm³/mol. The number of anilines is 2. The van der Waals surface area contributed by atoms with Gasteiger partial charge in [0.15, 0.2) is 0 Å². The molecular formula is C25H26N6O2S. The third kappa shape index (κ3) is 4.97. The number of ether oxygens (including phenoxy) is 1. The minimum Gasteiger partial charge on any atom is -0.492 e. The summed E-state index contributed by atoms with van der Waals surface area (Å²) < 4.78 is 7.43. The Balaban J connectivity index is 1.25. The number of rotatable bonds is 8. The average Bonchev–Trinajstić information content (AvgIpc) is 3.63. The molecule has 0 amide bonds. The Hall–Kier alpha value is -3.65. The first-order valence-corrected chi connectivity index (χ1v) is 12.2. The number of nitrogens with zero attached hydrogens (tertiary/aromatic N) is 4. The molecule has 0 spiro atoms. The lowest BCUT2D eigenvalue weighted by Gasteiger charge is -2.19. The largest absolute Gasteiger partial charge is 0.492 e. The average molecular weight is 475 g/mol. The van der Waals surface area contributed by atoms with Gasteiger partial charge in [0.1, 0.15) is 18.3 Å². The van der Waals surface area contributed by atoms with Crippen LogP contribution in [0.15, 0.2) is 71.3 Å². The van der Waals surface area contributed by atoms with Crippen LogP contribution in [0.3, 0.4) is 0 Å². The van der Waals surface area contributed by atoms with Gasteiger partial charge < -0.3 is 15.8 Å². The van der Waals surface area contributed by atoms with Crippen LogP contribution in [0.25, 0.3) is 16.1 Å². The number of aromatic nitrogens is 3. The molecule has 0 radical (unpaired) electrons. The zero-order valence-corrected chi connectivity index (χ0v) is 19.5. The zero-order chi connectivity index (χ0) is 23.3. The van der Waals surface area contributed by atoms with Crippen molar-refractivity contribution in [1.29, 1.82) is 0 Å². The standard InChI is InChI=1S/C25H26N6O2S/c26-24-28-25(29-31(24)20-6-3-5-18(15-20)23-7-4-14-34-23)27-22-9-8-21(16-19(22)17-32)33-13-12-30-10-1-2-11-30/h3-9,14-16,22H,1-2,10-13H2,(H3,26,27,28,29). The molecule has 3 N–H and O–H groups in total. The van der Waals surface area contributed by atoms with Crippen molar-refractivity contribution >= 4 is 29.2 Å². The van der Waals surface area contributed by atoms with Crippen LogP contribution in [-0.4, -0.2) is 57.9 Å². The highest BCUT2D eigenvalue weighted by Gasteiger charge is 2.20.